The molecule has 0 saturated heterocycles. The largest absolute Gasteiger partial charge is 0.454 e. The topological polar surface area (TPSA) is 61.9 Å². The first-order valence-electron chi connectivity index (χ1n) is 22.9. The molecule has 0 bridgehead atoms. The summed E-state index contributed by atoms with van der Waals surface area (Å²) in [6.45, 7) is 0. The first-order chi connectivity index (χ1) is 33.8. The summed E-state index contributed by atoms with van der Waals surface area (Å²) in [5.41, 5.74) is 16.7. The molecule has 0 unspecified atom stereocenters. The maximum Gasteiger partial charge on any atom is 0.181 e. The summed E-state index contributed by atoms with van der Waals surface area (Å²) in [5.74, 6) is 0.722. The lowest BCUT2D eigenvalue weighted by molar-refractivity contribution is 0.663. The molecule has 318 valence electrons. The lowest BCUT2D eigenvalue weighted by Gasteiger charge is -2.15. The molecule has 0 radical (unpaired) electrons. The van der Waals surface area contributed by atoms with E-state index < -0.39 is 0 Å². The van der Waals surface area contributed by atoms with Gasteiger partial charge in [0.05, 0.1) is 22.4 Å². The third-order valence-electron chi connectivity index (χ3n) is 13.5. The van der Waals surface area contributed by atoms with Gasteiger partial charge < -0.3 is 13.4 Å². The highest BCUT2D eigenvalue weighted by Gasteiger charge is 2.28. The summed E-state index contributed by atoms with van der Waals surface area (Å²) in [4.78, 5) is 10.2. The first-order valence-corrected chi connectivity index (χ1v) is 22.9. The van der Waals surface area contributed by atoms with Gasteiger partial charge in [-0.3, -0.25) is 9.55 Å². The third-order valence-corrected chi connectivity index (χ3v) is 13.5. The Balaban J connectivity index is 1.13. The quantitative estimate of drug-likeness (QED) is 0.160. The minimum absolute atomic E-state index is 0.722. The Labute approximate surface area is 390 Å². The Morgan fingerprint density at radius 2 is 0.794 bits per heavy atom. The fourth-order valence-corrected chi connectivity index (χ4v) is 10.5. The maximum atomic E-state index is 6.80. The zero-order valence-electron chi connectivity index (χ0n) is 36.5. The van der Waals surface area contributed by atoms with Gasteiger partial charge in [-0.05, 0) is 64.7 Å². The molecule has 14 rings (SSSR count). The third kappa shape index (κ3) is 5.77. The van der Waals surface area contributed by atoms with E-state index in [0.29, 0.717) is 0 Å². The lowest BCUT2D eigenvalue weighted by Crippen LogP contribution is -2.02. The van der Waals surface area contributed by atoms with E-state index in [1.165, 1.54) is 0 Å². The summed E-state index contributed by atoms with van der Waals surface area (Å²) in [7, 11) is 0. The van der Waals surface area contributed by atoms with E-state index in [1.807, 2.05) is 42.7 Å². The van der Waals surface area contributed by atoms with Gasteiger partial charge in [-0.15, -0.1) is 0 Å². The number of fused-ring (bicyclic) bond motifs is 8. The van der Waals surface area contributed by atoms with E-state index in [-0.39, 0.29) is 0 Å². The van der Waals surface area contributed by atoms with Crippen molar-refractivity contribution in [1.82, 2.24) is 19.1 Å². The van der Waals surface area contributed by atoms with Crippen LogP contribution in [-0.4, -0.2) is 19.1 Å². The molecule has 0 N–H and O–H groups in total. The first kappa shape index (κ1) is 38.1. The second-order valence-corrected chi connectivity index (χ2v) is 17.3. The highest BCUT2D eigenvalue weighted by molar-refractivity contribution is 6.13. The van der Waals surface area contributed by atoms with Gasteiger partial charge >= 0.3 is 0 Å². The smallest absolute Gasteiger partial charge is 0.181 e. The summed E-state index contributed by atoms with van der Waals surface area (Å²) in [5, 5.41) is 6.39. The molecule has 0 aliphatic rings. The van der Waals surface area contributed by atoms with Crippen molar-refractivity contribution < 1.29 is 8.83 Å². The Bertz CT molecular complexity index is 4240. The molecule has 6 aromatic heterocycles. The lowest BCUT2D eigenvalue weighted by atomic mass is 9.97. The second-order valence-electron chi connectivity index (χ2n) is 17.3. The summed E-state index contributed by atoms with van der Waals surface area (Å²) in [6.07, 6.45) is 3.80. The van der Waals surface area contributed by atoms with Crippen molar-refractivity contribution >= 4 is 65.7 Å². The van der Waals surface area contributed by atoms with Crippen molar-refractivity contribution in [2.45, 2.75) is 0 Å². The normalized spacial score (nSPS) is 11.8. The molecule has 0 atom stereocenters. The van der Waals surface area contributed by atoms with Crippen molar-refractivity contribution in [3.8, 4) is 67.5 Å². The van der Waals surface area contributed by atoms with Gasteiger partial charge in [0.15, 0.2) is 17.0 Å². The molecular formula is C62H38N4O2. The molecular weight excluding hydrogens is 833 g/mol. The van der Waals surface area contributed by atoms with Gasteiger partial charge in [0, 0.05) is 67.1 Å². The fraction of sp³-hybridized carbons (Fsp3) is 0. The SMILES string of the molecule is c1ccc(-c2c(-c3ccccc3)n(-c3ccc4c(-c5ccccc5)c(-c5ccccc5)n(-c5nccc6c5oc5ccccc56)c4c3)c3cc(-c4nccc5c4oc4ccccc45)ccc23)cc1. The Morgan fingerprint density at radius 1 is 0.324 bits per heavy atom. The summed E-state index contributed by atoms with van der Waals surface area (Å²) in [6, 6.07) is 77.0. The molecule has 14 aromatic rings. The number of hydrogen-bond donors (Lipinski definition) is 0. The van der Waals surface area contributed by atoms with Gasteiger partial charge in [0.2, 0.25) is 0 Å². The van der Waals surface area contributed by atoms with Crippen LogP contribution in [0.5, 0.6) is 0 Å². The molecule has 6 heteroatoms. The number of furan rings is 2. The van der Waals surface area contributed by atoms with Crippen molar-refractivity contribution in [3.63, 3.8) is 0 Å². The molecule has 0 saturated carbocycles. The van der Waals surface area contributed by atoms with Crippen LogP contribution in [-0.2, 0) is 0 Å². The Hall–Kier alpha value is -9.26. The number of benzene rings is 8. The minimum Gasteiger partial charge on any atom is -0.454 e. The van der Waals surface area contributed by atoms with E-state index >= 15 is 0 Å². The van der Waals surface area contributed by atoms with Crippen molar-refractivity contribution in [1.29, 1.82) is 0 Å². The number of hydrogen-bond acceptors (Lipinski definition) is 4. The molecule has 0 fully saturated rings. The van der Waals surface area contributed by atoms with Crippen LogP contribution >= 0.6 is 0 Å². The van der Waals surface area contributed by atoms with Crippen LogP contribution in [0.4, 0.5) is 0 Å². The monoisotopic (exact) mass is 870 g/mol. The van der Waals surface area contributed by atoms with Crippen LogP contribution in [0, 0.1) is 0 Å². The zero-order chi connectivity index (χ0) is 44.7. The molecule has 6 heterocycles. The van der Waals surface area contributed by atoms with Gasteiger partial charge in [0.1, 0.15) is 16.9 Å². The van der Waals surface area contributed by atoms with Gasteiger partial charge in [-0.1, -0.05) is 176 Å². The van der Waals surface area contributed by atoms with Gasteiger partial charge in [-0.2, -0.15) is 0 Å². The van der Waals surface area contributed by atoms with Crippen molar-refractivity contribution in [2.24, 2.45) is 0 Å². The van der Waals surface area contributed by atoms with Crippen LogP contribution in [0.1, 0.15) is 0 Å². The number of rotatable bonds is 7. The second kappa shape index (κ2) is 15.2. The average molecular weight is 871 g/mol. The molecule has 0 spiro atoms. The molecule has 0 amide bonds. The Kier molecular flexibility index (Phi) is 8.48. The van der Waals surface area contributed by atoms with Crippen LogP contribution in [0.3, 0.4) is 0 Å². The van der Waals surface area contributed by atoms with Crippen molar-refractivity contribution in [3.05, 3.63) is 231 Å². The minimum atomic E-state index is 0.722. The summed E-state index contributed by atoms with van der Waals surface area (Å²) < 4.78 is 18.1. The van der Waals surface area contributed by atoms with E-state index in [2.05, 4.69) is 197 Å². The van der Waals surface area contributed by atoms with Crippen molar-refractivity contribution in [2.75, 3.05) is 0 Å². The molecule has 8 aromatic carbocycles. The molecule has 0 aliphatic carbocycles. The predicted molar refractivity (Wildman–Crippen MR) is 277 cm³/mol. The Morgan fingerprint density at radius 3 is 1.40 bits per heavy atom. The predicted octanol–water partition coefficient (Wildman–Crippen LogP) is 16.5. The highest BCUT2D eigenvalue weighted by atomic mass is 16.3. The average Bonchev–Trinajstić information content (AvgIpc) is 4.17. The van der Waals surface area contributed by atoms with E-state index in [0.717, 1.165) is 133 Å². The highest BCUT2D eigenvalue weighted by Crippen LogP contribution is 2.48. The molecule has 6 nitrogen and oxygen atoms in total. The zero-order valence-corrected chi connectivity index (χ0v) is 36.5. The van der Waals surface area contributed by atoms with Crippen LogP contribution < -0.4 is 0 Å². The molecule has 0 aliphatic heterocycles. The summed E-state index contributed by atoms with van der Waals surface area (Å²) >= 11 is 0. The van der Waals surface area contributed by atoms with Crippen LogP contribution in [0.2, 0.25) is 0 Å². The van der Waals surface area contributed by atoms with E-state index in [9.17, 15) is 0 Å². The van der Waals surface area contributed by atoms with Gasteiger partial charge in [0.25, 0.3) is 0 Å². The fourth-order valence-electron chi connectivity index (χ4n) is 10.5. The van der Waals surface area contributed by atoms with E-state index in [4.69, 9.17) is 18.8 Å². The van der Waals surface area contributed by atoms with Crippen LogP contribution in [0.25, 0.3) is 133 Å². The standard InChI is InChI=1S/C62H38N4O2/c1-5-17-39(18-6-1)55-49-31-29-43(57-60-47(33-35-63-57)45-25-13-15-27-53(45)67-60)37-51(49)65(58(55)41-21-9-3-10-22-41)44-30-32-50-52(38-44)66(62-61-48(34-36-64-62)46-26-14-16-28-54(46)68-61)59(42-23-11-4-12-24-42)56(50)40-19-7-2-8-20-40/h1-38H. The molecule has 68 heavy (non-hydrogen) atoms. The van der Waals surface area contributed by atoms with E-state index in [1.54, 1.807) is 0 Å². The number of para-hydroxylation sites is 2. The number of aromatic nitrogens is 4. The van der Waals surface area contributed by atoms with Gasteiger partial charge in [-0.25, -0.2) is 4.98 Å². The maximum absolute atomic E-state index is 6.80. The number of pyridine rings is 2. The number of nitrogens with zero attached hydrogens (tertiary/aromatic N) is 4. The van der Waals surface area contributed by atoms with Crippen LogP contribution in [0.15, 0.2) is 240 Å².